The molecule has 1 N–H and O–H groups in total. The van der Waals surface area contributed by atoms with Crippen LogP contribution in [0, 0.1) is 5.21 Å². The normalized spacial score (nSPS) is 19.0. The van der Waals surface area contributed by atoms with E-state index in [-0.39, 0.29) is 24.3 Å². The third-order valence-corrected chi connectivity index (χ3v) is 10.5. The second-order valence-corrected chi connectivity index (χ2v) is 13.4. The molecule has 2 fully saturated rings. The van der Waals surface area contributed by atoms with E-state index in [1.807, 2.05) is 47.8 Å². The maximum Gasteiger partial charge on any atom is 0.251 e. The summed E-state index contributed by atoms with van der Waals surface area (Å²) in [6.07, 6.45) is 2.56. The van der Waals surface area contributed by atoms with Crippen LogP contribution < -0.4 is 14.8 Å². The average molecular weight is 633 g/mol. The quantitative estimate of drug-likeness (QED) is 0.221. The minimum atomic E-state index is -4.16. The predicted molar refractivity (Wildman–Crippen MR) is 160 cm³/mol. The number of para-hydroxylation sites is 1. The van der Waals surface area contributed by atoms with E-state index in [9.17, 15) is 28.0 Å². The molecule has 2 saturated heterocycles. The Labute approximate surface area is 257 Å². The number of fused-ring (bicyclic) bond motifs is 1. The smallest absolute Gasteiger partial charge is 0.251 e. The number of nitrogens with one attached hydrogen (secondary N) is 1. The van der Waals surface area contributed by atoms with Crippen LogP contribution in [-0.4, -0.2) is 66.4 Å². The van der Waals surface area contributed by atoms with Gasteiger partial charge >= 0.3 is 0 Å². The van der Waals surface area contributed by atoms with Crippen molar-refractivity contribution in [2.45, 2.75) is 35.9 Å². The van der Waals surface area contributed by atoms with Gasteiger partial charge in [0.2, 0.25) is 15.9 Å². The van der Waals surface area contributed by atoms with E-state index in [0.717, 1.165) is 15.4 Å². The van der Waals surface area contributed by atoms with E-state index < -0.39 is 52.3 Å². The fourth-order valence-corrected chi connectivity index (χ4v) is 8.02. The second-order valence-electron chi connectivity index (χ2n) is 10.5. The molecule has 44 heavy (non-hydrogen) atoms. The molecule has 0 spiro atoms. The van der Waals surface area contributed by atoms with Crippen molar-refractivity contribution in [2.75, 3.05) is 13.1 Å². The van der Waals surface area contributed by atoms with E-state index in [0.29, 0.717) is 21.8 Å². The zero-order valence-electron chi connectivity index (χ0n) is 23.3. The monoisotopic (exact) mass is 632 g/mol. The van der Waals surface area contributed by atoms with Crippen LogP contribution in [0.15, 0.2) is 102 Å². The highest BCUT2D eigenvalue weighted by atomic mass is 32.2. The van der Waals surface area contributed by atoms with Crippen LogP contribution in [0.2, 0.25) is 0 Å². The molecule has 2 aromatic carbocycles. The summed E-state index contributed by atoms with van der Waals surface area (Å²) in [7, 11) is -4.16. The summed E-state index contributed by atoms with van der Waals surface area (Å²) in [5.41, 5.74) is 0.321. The molecule has 2 aliphatic rings. The van der Waals surface area contributed by atoms with Crippen LogP contribution in [-0.2, 0) is 26.0 Å². The molecule has 13 heteroatoms. The molecule has 2 aromatic heterocycles. The fourth-order valence-electron chi connectivity index (χ4n) is 5.63. The number of nitrogens with zero attached hydrogens (tertiary/aromatic N) is 3. The van der Waals surface area contributed by atoms with Gasteiger partial charge in [0.1, 0.15) is 28.5 Å². The number of thiophene rings is 1. The van der Waals surface area contributed by atoms with Gasteiger partial charge in [0.05, 0.1) is 12.6 Å². The first-order valence-electron chi connectivity index (χ1n) is 13.9. The molecule has 11 nitrogen and oxygen atoms in total. The topological polar surface area (TPSA) is 140 Å². The first-order chi connectivity index (χ1) is 21.2. The minimum Gasteiger partial charge on any atom is -0.619 e. The zero-order chi connectivity index (χ0) is 30.8. The van der Waals surface area contributed by atoms with Gasteiger partial charge in [-0.25, -0.2) is 8.42 Å². The SMILES string of the molecule is O=C(NC(Cc1cccs1)C(=O)N1CCC2C1C(=O)CN2S(=O)(=O)c1ccc[n+]([O-])c1)c1ccc(Oc2ccccc2)cc1. The first kappa shape index (κ1) is 29.5. The number of aromatic nitrogens is 1. The van der Waals surface area contributed by atoms with Crippen molar-refractivity contribution in [3.05, 3.63) is 112 Å². The standard InChI is InChI=1S/C31H28N4O7S2/c36-28-20-35(44(40,41)25-9-4-15-33(39)19-25)27-14-16-34(29(27)28)31(38)26(18-24-8-5-17-43-24)32-30(37)21-10-12-23(13-11-21)42-22-6-2-1-3-7-22/h1-13,15,17,19,26-27,29H,14,16,18,20H2,(H,32,37). The summed E-state index contributed by atoms with van der Waals surface area (Å²) in [4.78, 5) is 42.5. The molecular formula is C31H28N4O7S2. The number of pyridine rings is 1. The van der Waals surface area contributed by atoms with Crippen LogP contribution in [0.5, 0.6) is 11.5 Å². The van der Waals surface area contributed by atoms with Crippen LogP contribution in [0.3, 0.4) is 0 Å². The van der Waals surface area contributed by atoms with Crippen molar-refractivity contribution in [3.8, 4) is 11.5 Å². The zero-order valence-corrected chi connectivity index (χ0v) is 24.9. The summed E-state index contributed by atoms with van der Waals surface area (Å²) >= 11 is 1.44. The number of Topliss-reactive ketones (excluding diaryl/α,β-unsaturated/α-hetero) is 1. The molecule has 3 unspecified atom stereocenters. The molecule has 2 amide bonds. The van der Waals surface area contributed by atoms with Gasteiger partial charge in [-0.3, -0.25) is 14.4 Å². The highest BCUT2D eigenvalue weighted by Crippen LogP contribution is 2.34. The molecule has 0 saturated carbocycles. The molecule has 4 heterocycles. The Morgan fingerprint density at radius 3 is 2.48 bits per heavy atom. The molecule has 0 radical (unpaired) electrons. The van der Waals surface area contributed by atoms with E-state index in [1.165, 1.54) is 34.6 Å². The highest BCUT2D eigenvalue weighted by Gasteiger charge is 2.54. The molecule has 0 aliphatic carbocycles. The van der Waals surface area contributed by atoms with Gasteiger partial charge in [0.25, 0.3) is 5.91 Å². The summed E-state index contributed by atoms with van der Waals surface area (Å²) in [5.74, 6) is -0.153. The Kier molecular flexibility index (Phi) is 8.17. The predicted octanol–water partition coefficient (Wildman–Crippen LogP) is 2.76. The molecule has 4 aromatic rings. The highest BCUT2D eigenvalue weighted by molar-refractivity contribution is 7.89. The number of ketones is 1. The Balaban J connectivity index is 1.20. The summed E-state index contributed by atoms with van der Waals surface area (Å²) in [5, 5.41) is 16.5. The maximum absolute atomic E-state index is 14.0. The summed E-state index contributed by atoms with van der Waals surface area (Å²) < 4.78 is 34.0. The third kappa shape index (κ3) is 5.94. The van der Waals surface area contributed by atoms with E-state index in [1.54, 1.807) is 24.3 Å². The first-order valence-corrected chi connectivity index (χ1v) is 16.2. The Hall–Kier alpha value is -4.59. The lowest BCUT2D eigenvalue weighted by Gasteiger charge is -2.28. The van der Waals surface area contributed by atoms with Crippen molar-refractivity contribution in [3.63, 3.8) is 0 Å². The number of hydrogen-bond donors (Lipinski definition) is 1. The molecule has 2 aliphatic heterocycles. The fraction of sp³-hybridized carbons (Fsp3) is 0.226. The van der Waals surface area contributed by atoms with Gasteiger partial charge in [-0.05, 0) is 60.3 Å². The van der Waals surface area contributed by atoms with Crippen molar-refractivity contribution < 1.29 is 32.3 Å². The lowest BCUT2D eigenvalue weighted by molar-refractivity contribution is -0.607. The Morgan fingerprint density at radius 1 is 1.02 bits per heavy atom. The van der Waals surface area contributed by atoms with Crippen molar-refractivity contribution in [1.29, 1.82) is 0 Å². The number of carbonyl (C=O) groups is 3. The maximum atomic E-state index is 14.0. The van der Waals surface area contributed by atoms with Crippen LogP contribution in [0.1, 0.15) is 21.7 Å². The van der Waals surface area contributed by atoms with E-state index in [2.05, 4.69) is 5.32 Å². The van der Waals surface area contributed by atoms with Crippen LogP contribution in [0.25, 0.3) is 0 Å². The minimum absolute atomic E-state index is 0.143. The number of carbonyl (C=O) groups excluding carboxylic acids is 3. The van der Waals surface area contributed by atoms with Crippen molar-refractivity contribution in [2.24, 2.45) is 0 Å². The number of benzene rings is 2. The summed E-state index contributed by atoms with van der Waals surface area (Å²) in [6.45, 7) is -0.265. The molecule has 6 rings (SSSR count). The largest absolute Gasteiger partial charge is 0.619 e. The molecule has 3 atom stereocenters. The lowest BCUT2D eigenvalue weighted by Crippen LogP contribution is -2.53. The van der Waals surface area contributed by atoms with Gasteiger partial charge in [-0.15, -0.1) is 11.3 Å². The van der Waals surface area contributed by atoms with Gasteiger partial charge in [0.15, 0.2) is 18.2 Å². The van der Waals surface area contributed by atoms with E-state index >= 15 is 0 Å². The van der Waals surface area contributed by atoms with Crippen molar-refractivity contribution in [1.82, 2.24) is 14.5 Å². The second kappa shape index (κ2) is 12.2. The third-order valence-electron chi connectivity index (χ3n) is 7.70. The van der Waals surface area contributed by atoms with Gasteiger partial charge in [-0.1, -0.05) is 24.3 Å². The van der Waals surface area contributed by atoms with Gasteiger partial charge in [-0.2, -0.15) is 9.04 Å². The number of amides is 2. The summed E-state index contributed by atoms with van der Waals surface area (Å²) in [6, 6.07) is 19.3. The Bertz CT molecular complexity index is 1780. The average Bonchev–Trinajstić information content (AvgIpc) is 3.77. The van der Waals surface area contributed by atoms with Gasteiger partial charge in [0, 0.05) is 29.5 Å². The number of sulfonamides is 1. The van der Waals surface area contributed by atoms with Crippen molar-refractivity contribution >= 4 is 39.0 Å². The number of hydrogen-bond acceptors (Lipinski definition) is 8. The van der Waals surface area contributed by atoms with E-state index in [4.69, 9.17) is 4.74 Å². The number of likely N-dealkylation sites (tertiary alicyclic amines) is 1. The molecule has 226 valence electrons. The molecule has 0 bridgehead atoms. The van der Waals surface area contributed by atoms with Crippen LogP contribution >= 0.6 is 11.3 Å². The van der Waals surface area contributed by atoms with Crippen LogP contribution in [0.4, 0.5) is 0 Å². The number of rotatable bonds is 9. The lowest BCUT2D eigenvalue weighted by atomic mass is 10.1. The number of ether oxygens (including phenoxy) is 1. The molecular weight excluding hydrogens is 604 g/mol. The van der Waals surface area contributed by atoms with Gasteiger partial charge < -0.3 is 20.2 Å². The Morgan fingerprint density at radius 2 is 1.77 bits per heavy atom.